The van der Waals surface area contributed by atoms with Crippen LogP contribution in [0.15, 0.2) is 0 Å². The van der Waals surface area contributed by atoms with Crippen LogP contribution in [0.1, 0.15) is 19.8 Å². The van der Waals surface area contributed by atoms with Crippen molar-refractivity contribution in [1.82, 2.24) is 0 Å². The molecule has 0 aliphatic heterocycles. The Hall–Kier alpha value is -1.71. The summed E-state index contributed by atoms with van der Waals surface area (Å²) in [5.74, 6) is -3.66. The smallest absolute Gasteiger partial charge is 0.336 e. The molecular formula is C12H20O9. The van der Waals surface area contributed by atoms with Crippen molar-refractivity contribution in [2.24, 2.45) is 0 Å². The second-order valence-corrected chi connectivity index (χ2v) is 4.08. The van der Waals surface area contributed by atoms with E-state index in [0.29, 0.717) is 0 Å². The number of rotatable bonds is 10. The number of ether oxygens (including phenoxy) is 4. The first kappa shape index (κ1) is 19.3. The molecule has 0 saturated carbocycles. The number of carbonyl (C=O) groups is 3. The number of aliphatic carboxylic acids is 1. The number of esters is 2. The maximum absolute atomic E-state index is 11.5. The molecule has 0 aromatic carbocycles. The van der Waals surface area contributed by atoms with Gasteiger partial charge in [-0.15, -0.1) is 0 Å². The third kappa shape index (κ3) is 7.02. The summed E-state index contributed by atoms with van der Waals surface area (Å²) >= 11 is 0. The average Bonchev–Trinajstić information content (AvgIpc) is 2.39. The van der Waals surface area contributed by atoms with Gasteiger partial charge < -0.3 is 29.2 Å². The van der Waals surface area contributed by atoms with Crippen LogP contribution in [0.25, 0.3) is 0 Å². The Morgan fingerprint density at radius 2 is 1.52 bits per heavy atom. The Bertz CT molecular complexity index is 364. The van der Waals surface area contributed by atoms with E-state index in [4.69, 9.17) is 19.3 Å². The molecule has 2 N–H and O–H groups in total. The number of hydrogen-bond acceptors (Lipinski definition) is 8. The lowest BCUT2D eigenvalue weighted by molar-refractivity contribution is -0.180. The summed E-state index contributed by atoms with van der Waals surface area (Å²) < 4.78 is 18.8. The summed E-state index contributed by atoms with van der Waals surface area (Å²) in [5, 5.41) is 18.8. The molecule has 0 heterocycles. The zero-order chi connectivity index (χ0) is 16.5. The van der Waals surface area contributed by atoms with Crippen molar-refractivity contribution in [3.63, 3.8) is 0 Å². The molecule has 0 aromatic heterocycles. The van der Waals surface area contributed by atoms with E-state index in [0.717, 1.165) is 0 Å². The fourth-order valence-electron chi connectivity index (χ4n) is 1.35. The fourth-order valence-corrected chi connectivity index (χ4v) is 1.35. The van der Waals surface area contributed by atoms with Crippen molar-refractivity contribution in [1.29, 1.82) is 0 Å². The Balaban J connectivity index is 4.58. The molecule has 0 aliphatic carbocycles. The molecule has 0 saturated heterocycles. The van der Waals surface area contributed by atoms with Crippen LogP contribution in [0.2, 0.25) is 0 Å². The van der Waals surface area contributed by atoms with Gasteiger partial charge in [-0.05, 0) is 6.92 Å². The highest BCUT2D eigenvalue weighted by molar-refractivity contribution is 5.88. The Morgan fingerprint density at radius 3 is 1.90 bits per heavy atom. The van der Waals surface area contributed by atoms with Crippen LogP contribution in [-0.4, -0.2) is 67.4 Å². The monoisotopic (exact) mass is 308 g/mol. The molecule has 0 aromatic rings. The van der Waals surface area contributed by atoms with Crippen LogP contribution in [0.3, 0.4) is 0 Å². The molecule has 21 heavy (non-hydrogen) atoms. The summed E-state index contributed by atoms with van der Waals surface area (Å²) in [5.41, 5.74) is -2.58. The molecule has 0 spiro atoms. The number of carboxylic acids is 1. The number of carboxylic acid groups (broad SMARTS) is 1. The number of aliphatic hydroxyl groups is 1. The van der Waals surface area contributed by atoms with Crippen molar-refractivity contribution in [2.75, 3.05) is 27.4 Å². The van der Waals surface area contributed by atoms with E-state index < -0.39 is 42.6 Å². The molecule has 9 nitrogen and oxygen atoms in total. The Labute approximate surface area is 121 Å². The Kier molecular flexibility index (Phi) is 8.51. The lowest BCUT2D eigenvalue weighted by atomic mass is 9.96. The molecule has 1 unspecified atom stereocenters. The summed E-state index contributed by atoms with van der Waals surface area (Å²) in [7, 11) is 2.66. The van der Waals surface area contributed by atoms with Gasteiger partial charge in [0.25, 0.3) is 0 Å². The van der Waals surface area contributed by atoms with Crippen LogP contribution in [-0.2, 0) is 33.3 Å². The molecule has 1 atom stereocenters. The number of methoxy groups -OCH3 is 2. The van der Waals surface area contributed by atoms with Crippen LogP contribution >= 0.6 is 0 Å². The topological polar surface area (TPSA) is 129 Å². The third-order valence-corrected chi connectivity index (χ3v) is 2.48. The zero-order valence-corrected chi connectivity index (χ0v) is 12.2. The SMILES string of the molecule is CCOC(=O)CC(O)(CC(=O)OCC(OC)OC)C(=O)O. The van der Waals surface area contributed by atoms with Gasteiger partial charge in [-0.2, -0.15) is 0 Å². The van der Waals surface area contributed by atoms with Gasteiger partial charge in [-0.3, -0.25) is 9.59 Å². The highest BCUT2D eigenvalue weighted by atomic mass is 16.7. The van der Waals surface area contributed by atoms with Gasteiger partial charge in [0.2, 0.25) is 0 Å². The standard InChI is InChI=1S/C12H20O9/c1-4-20-8(13)5-12(17,11(15)16)6-9(14)21-7-10(18-2)19-3/h10,17H,4-7H2,1-3H3,(H,15,16). The molecule has 0 radical (unpaired) electrons. The maximum atomic E-state index is 11.5. The normalized spacial score (nSPS) is 13.6. The maximum Gasteiger partial charge on any atom is 0.336 e. The van der Waals surface area contributed by atoms with E-state index in [1.807, 2.05) is 0 Å². The number of hydrogen-bond donors (Lipinski definition) is 2. The van der Waals surface area contributed by atoms with Gasteiger partial charge in [-0.1, -0.05) is 0 Å². The van der Waals surface area contributed by atoms with Gasteiger partial charge in [0.1, 0.15) is 6.61 Å². The minimum Gasteiger partial charge on any atom is -0.479 e. The molecule has 0 aliphatic rings. The first-order valence-electron chi connectivity index (χ1n) is 6.11. The highest BCUT2D eigenvalue weighted by Crippen LogP contribution is 2.18. The summed E-state index contributed by atoms with van der Waals surface area (Å²) in [6.45, 7) is 1.28. The molecule has 0 amide bonds. The molecule has 122 valence electrons. The molecule has 9 heteroatoms. The van der Waals surface area contributed by atoms with Crippen LogP contribution < -0.4 is 0 Å². The van der Waals surface area contributed by atoms with E-state index in [9.17, 15) is 19.5 Å². The predicted octanol–water partition coefficient (Wildman–Crippen LogP) is -0.692. The lowest BCUT2D eigenvalue weighted by Crippen LogP contribution is -2.43. The van der Waals surface area contributed by atoms with Gasteiger partial charge in [-0.25, -0.2) is 4.79 Å². The molecular weight excluding hydrogens is 288 g/mol. The van der Waals surface area contributed by atoms with Crippen molar-refractivity contribution < 1.29 is 43.5 Å². The largest absolute Gasteiger partial charge is 0.479 e. The predicted molar refractivity (Wildman–Crippen MR) is 67.2 cm³/mol. The van der Waals surface area contributed by atoms with Crippen molar-refractivity contribution in [3.8, 4) is 0 Å². The fraction of sp³-hybridized carbons (Fsp3) is 0.750. The van der Waals surface area contributed by atoms with Gasteiger partial charge in [0.15, 0.2) is 11.9 Å². The van der Waals surface area contributed by atoms with E-state index in [-0.39, 0.29) is 13.2 Å². The summed E-state index contributed by atoms with van der Waals surface area (Å²) in [6.07, 6.45) is -2.57. The lowest BCUT2D eigenvalue weighted by Gasteiger charge is -2.22. The van der Waals surface area contributed by atoms with E-state index in [2.05, 4.69) is 4.74 Å². The quantitative estimate of drug-likeness (QED) is 0.398. The number of carbonyl (C=O) groups excluding carboxylic acids is 2. The van der Waals surface area contributed by atoms with E-state index >= 15 is 0 Å². The van der Waals surface area contributed by atoms with Crippen LogP contribution in [0.4, 0.5) is 0 Å². The minimum atomic E-state index is -2.58. The third-order valence-electron chi connectivity index (χ3n) is 2.48. The van der Waals surface area contributed by atoms with E-state index in [1.54, 1.807) is 0 Å². The molecule has 0 fully saturated rings. The van der Waals surface area contributed by atoms with Crippen LogP contribution in [0.5, 0.6) is 0 Å². The first-order chi connectivity index (χ1) is 9.78. The molecule has 0 bridgehead atoms. The van der Waals surface area contributed by atoms with Crippen molar-refractivity contribution in [2.45, 2.75) is 31.7 Å². The minimum absolute atomic E-state index is 0.0301. The van der Waals surface area contributed by atoms with Crippen molar-refractivity contribution >= 4 is 17.9 Å². The van der Waals surface area contributed by atoms with Gasteiger partial charge >= 0.3 is 17.9 Å². The average molecular weight is 308 g/mol. The molecule has 0 rings (SSSR count). The highest BCUT2D eigenvalue weighted by Gasteiger charge is 2.42. The summed E-state index contributed by atoms with van der Waals surface area (Å²) in [6, 6.07) is 0. The second-order valence-electron chi connectivity index (χ2n) is 4.08. The first-order valence-corrected chi connectivity index (χ1v) is 6.11. The summed E-state index contributed by atoms with van der Waals surface area (Å²) in [4.78, 5) is 33.8. The van der Waals surface area contributed by atoms with E-state index in [1.165, 1.54) is 21.1 Å². The zero-order valence-electron chi connectivity index (χ0n) is 12.2. The Morgan fingerprint density at radius 1 is 1.05 bits per heavy atom. The van der Waals surface area contributed by atoms with Gasteiger partial charge in [0, 0.05) is 14.2 Å². The van der Waals surface area contributed by atoms with Crippen LogP contribution in [0, 0.1) is 0 Å². The van der Waals surface area contributed by atoms with Crippen molar-refractivity contribution in [3.05, 3.63) is 0 Å². The second kappa shape index (κ2) is 9.27. The van der Waals surface area contributed by atoms with Gasteiger partial charge in [0.05, 0.1) is 19.4 Å².